The molecular formula is C16H24FN3O. The lowest BCUT2D eigenvalue weighted by molar-refractivity contribution is 0.122. The van der Waals surface area contributed by atoms with Crippen molar-refractivity contribution in [3.05, 3.63) is 35.6 Å². The summed E-state index contributed by atoms with van der Waals surface area (Å²) < 4.78 is 13.1. The third kappa shape index (κ3) is 4.70. The highest BCUT2D eigenvalue weighted by molar-refractivity contribution is 5.73. The van der Waals surface area contributed by atoms with Crippen LogP contribution in [-0.4, -0.2) is 67.5 Å². The molecule has 1 aliphatic rings. The fourth-order valence-corrected chi connectivity index (χ4v) is 2.64. The van der Waals surface area contributed by atoms with E-state index in [1.807, 2.05) is 11.0 Å². The van der Waals surface area contributed by atoms with E-state index in [2.05, 4.69) is 4.90 Å². The topological polar surface area (TPSA) is 26.8 Å². The Labute approximate surface area is 126 Å². The molecule has 2 amide bonds. The first-order valence-electron chi connectivity index (χ1n) is 7.49. The number of aryl methyl sites for hydroxylation is 1. The van der Waals surface area contributed by atoms with Gasteiger partial charge in [-0.25, -0.2) is 9.18 Å². The van der Waals surface area contributed by atoms with Gasteiger partial charge in [0.25, 0.3) is 0 Å². The first kappa shape index (κ1) is 15.8. The molecule has 0 saturated carbocycles. The van der Waals surface area contributed by atoms with E-state index in [0.717, 1.165) is 51.1 Å². The molecule has 21 heavy (non-hydrogen) atoms. The Morgan fingerprint density at radius 1 is 1.24 bits per heavy atom. The molecule has 0 atom stereocenters. The van der Waals surface area contributed by atoms with Crippen molar-refractivity contribution in [3.8, 4) is 0 Å². The number of rotatable bonds is 4. The third-order valence-corrected chi connectivity index (χ3v) is 3.85. The van der Waals surface area contributed by atoms with Crippen molar-refractivity contribution < 1.29 is 9.18 Å². The fourth-order valence-electron chi connectivity index (χ4n) is 2.64. The van der Waals surface area contributed by atoms with Gasteiger partial charge in [-0.2, -0.15) is 0 Å². The van der Waals surface area contributed by atoms with Crippen LogP contribution in [0.1, 0.15) is 12.0 Å². The lowest BCUT2D eigenvalue weighted by Gasteiger charge is -2.35. The molecule has 0 aromatic heterocycles. The van der Waals surface area contributed by atoms with Gasteiger partial charge in [-0.1, -0.05) is 12.1 Å². The molecule has 1 aromatic carbocycles. The number of halogens is 1. The van der Waals surface area contributed by atoms with E-state index in [4.69, 9.17) is 0 Å². The summed E-state index contributed by atoms with van der Waals surface area (Å²) in [7, 11) is 3.57. The quantitative estimate of drug-likeness (QED) is 0.849. The van der Waals surface area contributed by atoms with Crippen LogP contribution in [0.2, 0.25) is 0 Å². The fraction of sp³-hybridized carbons (Fsp3) is 0.562. The minimum Gasteiger partial charge on any atom is -0.331 e. The molecule has 1 aromatic rings. The lowest BCUT2D eigenvalue weighted by atomic mass is 10.1. The summed E-state index contributed by atoms with van der Waals surface area (Å²) in [6.07, 6.45) is 1.92. The van der Waals surface area contributed by atoms with E-state index in [0.29, 0.717) is 0 Å². The van der Waals surface area contributed by atoms with Gasteiger partial charge >= 0.3 is 6.03 Å². The molecule has 1 fully saturated rings. The highest BCUT2D eigenvalue weighted by Crippen LogP contribution is 2.09. The first-order chi connectivity index (χ1) is 10.1. The van der Waals surface area contributed by atoms with Crippen molar-refractivity contribution in [2.24, 2.45) is 0 Å². The summed E-state index contributed by atoms with van der Waals surface area (Å²) >= 11 is 0. The molecule has 5 heteroatoms. The number of carbonyl (C=O) groups is 1. The summed E-state index contributed by atoms with van der Waals surface area (Å²) in [4.78, 5) is 17.7. The SMILES string of the molecule is CN(C)C(=O)N1CCN(CCCc2cccc(F)c2)CC1. The van der Waals surface area contributed by atoms with Gasteiger partial charge in [0.15, 0.2) is 0 Å². The molecule has 0 aliphatic carbocycles. The van der Waals surface area contributed by atoms with E-state index in [9.17, 15) is 9.18 Å². The van der Waals surface area contributed by atoms with Gasteiger partial charge in [0.1, 0.15) is 5.82 Å². The van der Waals surface area contributed by atoms with E-state index >= 15 is 0 Å². The second-order valence-electron chi connectivity index (χ2n) is 5.74. The predicted molar refractivity (Wildman–Crippen MR) is 81.8 cm³/mol. The highest BCUT2D eigenvalue weighted by Gasteiger charge is 2.21. The molecule has 4 nitrogen and oxygen atoms in total. The van der Waals surface area contributed by atoms with Crippen LogP contribution < -0.4 is 0 Å². The average Bonchev–Trinajstić information content (AvgIpc) is 2.47. The van der Waals surface area contributed by atoms with Gasteiger partial charge in [0.05, 0.1) is 0 Å². The Morgan fingerprint density at radius 2 is 1.95 bits per heavy atom. The zero-order chi connectivity index (χ0) is 15.2. The standard InChI is InChI=1S/C16H24FN3O/c1-18(2)16(21)20-11-9-19(10-12-20)8-4-6-14-5-3-7-15(17)13-14/h3,5,7,13H,4,6,8-12H2,1-2H3. The Bertz CT molecular complexity index is 470. The molecular weight excluding hydrogens is 269 g/mol. The zero-order valence-corrected chi connectivity index (χ0v) is 12.9. The van der Waals surface area contributed by atoms with Gasteiger partial charge < -0.3 is 9.80 Å². The second-order valence-corrected chi connectivity index (χ2v) is 5.74. The number of amides is 2. The Kier molecular flexibility index (Phi) is 5.56. The summed E-state index contributed by atoms with van der Waals surface area (Å²) in [6, 6.07) is 6.90. The van der Waals surface area contributed by atoms with Crippen LogP contribution in [0.3, 0.4) is 0 Å². The Morgan fingerprint density at radius 3 is 2.57 bits per heavy atom. The highest BCUT2D eigenvalue weighted by atomic mass is 19.1. The molecule has 1 heterocycles. The van der Waals surface area contributed by atoms with Crippen LogP contribution in [0.4, 0.5) is 9.18 Å². The van der Waals surface area contributed by atoms with E-state index < -0.39 is 0 Å². The van der Waals surface area contributed by atoms with E-state index in [1.165, 1.54) is 6.07 Å². The summed E-state index contributed by atoms with van der Waals surface area (Å²) in [5, 5.41) is 0. The molecule has 1 saturated heterocycles. The minimum atomic E-state index is -0.164. The summed E-state index contributed by atoms with van der Waals surface area (Å²) in [5.74, 6) is -0.164. The van der Waals surface area contributed by atoms with Crippen molar-refractivity contribution in [3.63, 3.8) is 0 Å². The molecule has 1 aliphatic heterocycles. The molecule has 0 radical (unpaired) electrons. The number of piperazine rings is 1. The number of carbonyl (C=O) groups excluding carboxylic acids is 1. The number of nitrogens with zero attached hydrogens (tertiary/aromatic N) is 3. The number of urea groups is 1. The third-order valence-electron chi connectivity index (χ3n) is 3.85. The van der Waals surface area contributed by atoms with Gasteiger partial charge in [-0.15, -0.1) is 0 Å². The summed E-state index contributed by atoms with van der Waals surface area (Å²) in [6.45, 7) is 4.42. The summed E-state index contributed by atoms with van der Waals surface area (Å²) in [5.41, 5.74) is 1.05. The van der Waals surface area contributed by atoms with Crippen LogP contribution in [0.15, 0.2) is 24.3 Å². The van der Waals surface area contributed by atoms with Crippen LogP contribution in [-0.2, 0) is 6.42 Å². The van der Waals surface area contributed by atoms with Gasteiger partial charge in [-0.3, -0.25) is 4.90 Å². The largest absolute Gasteiger partial charge is 0.331 e. The zero-order valence-electron chi connectivity index (χ0n) is 12.9. The van der Waals surface area contributed by atoms with E-state index in [1.54, 1.807) is 31.1 Å². The van der Waals surface area contributed by atoms with Crippen molar-refractivity contribution in [1.82, 2.24) is 14.7 Å². The molecule has 2 rings (SSSR count). The van der Waals surface area contributed by atoms with Crippen molar-refractivity contribution >= 4 is 6.03 Å². The van der Waals surface area contributed by atoms with Crippen LogP contribution >= 0.6 is 0 Å². The molecule has 116 valence electrons. The normalized spacial score (nSPS) is 16.0. The maximum atomic E-state index is 13.1. The second kappa shape index (κ2) is 7.41. The van der Waals surface area contributed by atoms with Crippen molar-refractivity contribution in [2.75, 3.05) is 46.8 Å². The smallest absolute Gasteiger partial charge is 0.319 e. The number of hydrogen-bond donors (Lipinski definition) is 0. The maximum absolute atomic E-state index is 13.1. The first-order valence-corrected chi connectivity index (χ1v) is 7.49. The molecule has 0 spiro atoms. The Hall–Kier alpha value is -1.62. The predicted octanol–water partition coefficient (Wildman–Crippen LogP) is 2.06. The van der Waals surface area contributed by atoms with Gasteiger partial charge in [0, 0.05) is 40.3 Å². The minimum absolute atomic E-state index is 0.0920. The molecule has 0 unspecified atom stereocenters. The van der Waals surface area contributed by atoms with E-state index in [-0.39, 0.29) is 11.8 Å². The van der Waals surface area contributed by atoms with Crippen molar-refractivity contribution in [1.29, 1.82) is 0 Å². The monoisotopic (exact) mass is 293 g/mol. The lowest BCUT2D eigenvalue weighted by Crippen LogP contribution is -2.51. The maximum Gasteiger partial charge on any atom is 0.319 e. The van der Waals surface area contributed by atoms with Crippen LogP contribution in [0.5, 0.6) is 0 Å². The number of hydrogen-bond acceptors (Lipinski definition) is 2. The van der Waals surface area contributed by atoms with Crippen molar-refractivity contribution in [2.45, 2.75) is 12.8 Å². The number of benzene rings is 1. The Balaban J connectivity index is 1.68. The molecule has 0 bridgehead atoms. The van der Waals surface area contributed by atoms with Crippen LogP contribution in [0.25, 0.3) is 0 Å². The van der Waals surface area contributed by atoms with Gasteiger partial charge in [0.2, 0.25) is 0 Å². The average molecular weight is 293 g/mol. The van der Waals surface area contributed by atoms with Gasteiger partial charge in [-0.05, 0) is 37.1 Å². The van der Waals surface area contributed by atoms with Crippen LogP contribution in [0, 0.1) is 5.82 Å². The molecule has 0 N–H and O–H groups in total.